The summed E-state index contributed by atoms with van der Waals surface area (Å²) in [7, 11) is 4.61. The summed E-state index contributed by atoms with van der Waals surface area (Å²) in [5.74, 6) is -1.12. The fraction of sp³-hybridized carbons (Fsp3) is 0.413. The average Bonchev–Trinajstić information content (AvgIpc) is 3.86. The highest BCUT2D eigenvalue weighted by Crippen LogP contribution is 2.56. The van der Waals surface area contributed by atoms with Crippen LogP contribution >= 0.6 is 0 Å². The first-order valence-corrected chi connectivity index (χ1v) is 19.9. The van der Waals surface area contributed by atoms with E-state index in [0.29, 0.717) is 52.8 Å². The second-order valence-electron chi connectivity index (χ2n) is 17.0. The summed E-state index contributed by atoms with van der Waals surface area (Å²) in [5.41, 5.74) is 1.91. The lowest BCUT2D eigenvalue weighted by atomic mass is 9.65. The van der Waals surface area contributed by atoms with E-state index in [1.807, 2.05) is 113 Å². The fourth-order valence-electron chi connectivity index (χ4n) is 9.95. The van der Waals surface area contributed by atoms with Crippen LogP contribution in [-0.4, -0.2) is 73.9 Å². The molecule has 0 radical (unpaired) electrons. The molecule has 5 atom stereocenters. The molecule has 4 aromatic carbocycles. The van der Waals surface area contributed by atoms with Crippen molar-refractivity contribution in [1.29, 1.82) is 0 Å². The number of rotatable bonds is 10. The molecule has 0 aromatic heterocycles. The highest BCUT2D eigenvalue weighted by atomic mass is 16.7. The third-order valence-electron chi connectivity index (χ3n) is 12.4. The Hall–Kier alpha value is -5.79. The van der Waals surface area contributed by atoms with E-state index in [0.717, 1.165) is 16.7 Å². The molecule has 13 nitrogen and oxygen atoms in total. The predicted octanol–water partition coefficient (Wildman–Crippen LogP) is 6.97. The summed E-state index contributed by atoms with van der Waals surface area (Å²) in [6.45, 7) is 7.74. The van der Waals surface area contributed by atoms with Crippen LogP contribution in [-0.2, 0) is 19.1 Å². The molecule has 1 unspecified atom stereocenters. The smallest absolute Gasteiger partial charge is 0.310 e. The predicted molar refractivity (Wildman–Crippen MR) is 217 cm³/mol. The number of hydrogen-bond acceptors (Lipinski definition) is 11. The number of ether oxygens (including phenoxy) is 6. The second kappa shape index (κ2) is 15.4. The normalized spacial score (nSPS) is 23.3. The lowest BCUT2D eigenvalue weighted by molar-refractivity contribution is -0.249. The summed E-state index contributed by atoms with van der Waals surface area (Å²) >= 11 is 0. The van der Waals surface area contributed by atoms with Gasteiger partial charge in [-0.2, -0.15) is 5.06 Å². The van der Waals surface area contributed by atoms with Gasteiger partial charge in [-0.1, -0.05) is 48.5 Å². The molecule has 59 heavy (non-hydrogen) atoms. The molecule has 3 aliphatic heterocycles. The summed E-state index contributed by atoms with van der Waals surface area (Å²) in [5, 5.41) is 15.9. The number of esters is 1. The van der Waals surface area contributed by atoms with Crippen LogP contribution < -0.4 is 33.9 Å². The summed E-state index contributed by atoms with van der Waals surface area (Å²) in [6, 6.07) is 24.0. The van der Waals surface area contributed by atoms with Crippen molar-refractivity contribution in [3.05, 3.63) is 107 Å². The Bertz CT molecular complexity index is 2200. The van der Waals surface area contributed by atoms with Crippen molar-refractivity contribution in [2.24, 2.45) is 17.8 Å². The molecule has 0 saturated carbocycles. The van der Waals surface area contributed by atoms with Crippen molar-refractivity contribution in [2.75, 3.05) is 39.6 Å². The van der Waals surface area contributed by atoms with Crippen LogP contribution in [0.25, 0.3) is 0 Å². The Morgan fingerprint density at radius 2 is 1.39 bits per heavy atom. The van der Waals surface area contributed by atoms with E-state index in [2.05, 4.69) is 5.32 Å². The molecule has 3 heterocycles. The highest BCUT2D eigenvalue weighted by molar-refractivity contribution is 6.02. The Balaban J connectivity index is 1.25. The molecule has 13 heteroatoms. The molecular weight excluding hydrogens is 755 g/mol. The van der Waals surface area contributed by atoms with Gasteiger partial charge in [0.25, 0.3) is 0 Å². The zero-order valence-corrected chi connectivity index (χ0v) is 34.4. The second-order valence-corrected chi connectivity index (χ2v) is 17.0. The van der Waals surface area contributed by atoms with E-state index in [4.69, 9.17) is 28.4 Å². The molecule has 2 N–H and O–H groups in total. The van der Waals surface area contributed by atoms with E-state index in [1.165, 1.54) is 26.4 Å². The summed E-state index contributed by atoms with van der Waals surface area (Å²) in [4.78, 5) is 46.2. The van der Waals surface area contributed by atoms with Gasteiger partial charge in [-0.25, -0.2) is 0 Å². The Morgan fingerprint density at radius 1 is 0.814 bits per heavy atom. The van der Waals surface area contributed by atoms with Gasteiger partial charge in [0.1, 0.15) is 6.04 Å². The number of anilines is 1. The number of carbonyl (C=O) groups excluding carboxylic acids is 3. The monoisotopic (exact) mass is 805 g/mol. The maximum Gasteiger partial charge on any atom is 0.310 e. The van der Waals surface area contributed by atoms with Crippen molar-refractivity contribution >= 4 is 23.5 Å². The Kier molecular flexibility index (Phi) is 10.5. The van der Waals surface area contributed by atoms with Gasteiger partial charge in [0, 0.05) is 34.5 Å². The number of benzene rings is 4. The highest BCUT2D eigenvalue weighted by Gasteiger charge is 2.54. The number of para-hydroxylation sites is 1. The van der Waals surface area contributed by atoms with Gasteiger partial charge in [-0.15, -0.1) is 0 Å². The molecule has 4 aliphatic rings. The number of nitrogens with zero attached hydrogens (tertiary/aromatic N) is 2. The van der Waals surface area contributed by atoms with Crippen LogP contribution in [0.3, 0.4) is 0 Å². The van der Waals surface area contributed by atoms with Crippen LogP contribution in [0.5, 0.6) is 28.7 Å². The van der Waals surface area contributed by atoms with Crippen LogP contribution in [0.2, 0.25) is 0 Å². The third-order valence-corrected chi connectivity index (χ3v) is 12.4. The molecule has 2 amide bonds. The van der Waals surface area contributed by atoms with Gasteiger partial charge >= 0.3 is 5.97 Å². The average molecular weight is 806 g/mol. The number of piperidine rings is 1. The molecule has 4 aromatic rings. The molecule has 2 fully saturated rings. The van der Waals surface area contributed by atoms with E-state index in [-0.39, 0.29) is 19.3 Å². The third kappa shape index (κ3) is 6.99. The van der Waals surface area contributed by atoms with E-state index >= 15 is 9.59 Å². The van der Waals surface area contributed by atoms with Crippen molar-refractivity contribution < 1.29 is 48.0 Å². The topological polar surface area (TPSA) is 145 Å². The number of hydrogen-bond donors (Lipinski definition) is 2. The molecule has 0 bridgehead atoms. The zero-order valence-electron chi connectivity index (χ0n) is 34.4. The lowest BCUT2D eigenvalue weighted by Crippen LogP contribution is -2.61. The van der Waals surface area contributed by atoms with Gasteiger partial charge < -0.3 is 38.9 Å². The zero-order chi connectivity index (χ0) is 41.8. The standard InChI is InChI=1S/C46H51N3O10/c1-45(2)22-28(23-46(3,4)49(45)53)43(51)48(29-16-12-9-13-17-29)40(26-14-10-8-11-15-26)42(50)47-39-31-21-34-33(58-25-59-34)20-30(31)37(38-32(39)24-57-44(38)52)27-18-35(54-5)41(56-7)36(19-27)55-6/h8-21,28,32,37-40,53H,22-25H2,1-7H3,(H,47,50)/t32-,37+,38-,39+,40?/m0/s1. The number of amides is 2. The van der Waals surface area contributed by atoms with Crippen LogP contribution in [0, 0.1) is 17.8 Å². The first-order valence-electron chi connectivity index (χ1n) is 19.9. The van der Waals surface area contributed by atoms with E-state index < -0.39 is 58.7 Å². The number of carbonyl (C=O) groups is 3. The van der Waals surface area contributed by atoms with Crippen molar-refractivity contribution in [3.8, 4) is 28.7 Å². The number of fused-ring (bicyclic) bond motifs is 3. The maximum atomic E-state index is 15.4. The molecule has 310 valence electrons. The lowest BCUT2D eigenvalue weighted by Gasteiger charge is -2.51. The van der Waals surface area contributed by atoms with Crippen molar-refractivity contribution in [2.45, 2.75) is 69.6 Å². The number of cyclic esters (lactones) is 1. The molecule has 0 spiro atoms. The number of methoxy groups -OCH3 is 3. The minimum absolute atomic E-state index is 0.0199. The summed E-state index contributed by atoms with van der Waals surface area (Å²) < 4.78 is 34.7. The Labute approximate surface area is 344 Å². The SMILES string of the molecule is COc1cc([C@@H]2c3cc4c(cc3[C@@H](NC(=O)C(c3ccccc3)N(C(=O)C3CC(C)(C)N(O)C(C)(C)C3)c3ccccc3)[C@H]3COC(=O)[C@H]23)OCO4)cc(OC)c1OC. The molecule has 1 aliphatic carbocycles. The van der Waals surface area contributed by atoms with Gasteiger partial charge in [-0.3, -0.25) is 19.3 Å². The van der Waals surface area contributed by atoms with Gasteiger partial charge in [0.2, 0.25) is 24.4 Å². The number of hydroxylamine groups is 2. The van der Waals surface area contributed by atoms with Gasteiger partial charge in [0.05, 0.1) is 39.9 Å². The number of nitrogens with one attached hydrogen (secondary N) is 1. The van der Waals surface area contributed by atoms with E-state index in [9.17, 15) is 10.0 Å². The fourth-order valence-corrected chi connectivity index (χ4v) is 9.95. The van der Waals surface area contributed by atoms with Gasteiger partial charge in [0.15, 0.2) is 23.0 Å². The minimum Gasteiger partial charge on any atom is -0.493 e. The maximum absolute atomic E-state index is 15.4. The van der Waals surface area contributed by atoms with Crippen LogP contribution in [0.1, 0.15) is 80.8 Å². The first-order chi connectivity index (χ1) is 28.3. The summed E-state index contributed by atoms with van der Waals surface area (Å²) in [6.07, 6.45) is 0.736. The van der Waals surface area contributed by atoms with Crippen LogP contribution in [0.15, 0.2) is 84.9 Å². The van der Waals surface area contributed by atoms with Gasteiger partial charge in [-0.05, 0) is 99.2 Å². The quantitative estimate of drug-likeness (QED) is 0.161. The first kappa shape index (κ1) is 40.0. The van der Waals surface area contributed by atoms with Crippen LogP contribution in [0.4, 0.5) is 5.69 Å². The van der Waals surface area contributed by atoms with E-state index in [1.54, 1.807) is 4.90 Å². The minimum atomic E-state index is -1.12. The molecular formula is C46H51N3O10. The molecule has 8 rings (SSSR count). The van der Waals surface area contributed by atoms with Crippen molar-refractivity contribution in [3.63, 3.8) is 0 Å². The Morgan fingerprint density at radius 3 is 1.97 bits per heavy atom. The van der Waals surface area contributed by atoms with Crippen molar-refractivity contribution in [1.82, 2.24) is 10.4 Å². The largest absolute Gasteiger partial charge is 0.493 e. The molecule has 2 saturated heterocycles.